The molecule has 0 unspecified atom stereocenters. The van der Waals surface area contributed by atoms with E-state index < -0.39 is 0 Å². The van der Waals surface area contributed by atoms with Crippen molar-refractivity contribution < 1.29 is 9.59 Å². The van der Waals surface area contributed by atoms with Gasteiger partial charge in [-0.05, 0) is 62.3 Å². The van der Waals surface area contributed by atoms with Gasteiger partial charge in [0.1, 0.15) is 0 Å². The Morgan fingerprint density at radius 2 is 1.84 bits per heavy atom. The molecule has 0 bridgehead atoms. The van der Waals surface area contributed by atoms with Gasteiger partial charge in [0.15, 0.2) is 0 Å². The van der Waals surface area contributed by atoms with Crippen molar-refractivity contribution in [3.8, 4) is 0 Å². The van der Waals surface area contributed by atoms with Crippen LogP contribution in [0.1, 0.15) is 28.8 Å². The minimum atomic E-state index is -0.0113. The number of benzene rings is 2. The standard InChI is InChI=1S/C20H23N3O2/c1-21-13-4-7-19(24)22-17-10-8-16(9-11-17)20(25)23-14-12-15-5-2-3-6-18(15)23/h2-3,5-6,8-11,21H,4,7,12-14H2,1H3,(H,22,24). The third-order valence-corrected chi connectivity index (χ3v) is 4.38. The Kier molecular flexibility index (Phi) is 5.46. The lowest BCUT2D eigenvalue weighted by atomic mass is 10.1. The molecule has 130 valence electrons. The zero-order valence-electron chi connectivity index (χ0n) is 14.4. The Balaban J connectivity index is 1.63. The second kappa shape index (κ2) is 7.94. The van der Waals surface area contributed by atoms with Gasteiger partial charge in [-0.1, -0.05) is 18.2 Å². The lowest BCUT2D eigenvalue weighted by molar-refractivity contribution is -0.116. The SMILES string of the molecule is CNCCCC(=O)Nc1ccc(C(=O)N2CCc3ccccc32)cc1. The maximum Gasteiger partial charge on any atom is 0.258 e. The van der Waals surface area contributed by atoms with Crippen molar-refractivity contribution in [3.63, 3.8) is 0 Å². The summed E-state index contributed by atoms with van der Waals surface area (Å²) in [5, 5.41) is 5.88. The van der Waals surface area contributed by atoms with Crippen LogP contribution in [0.2, 0.25) is 0 Å². The first-order valence-corrected chi connectivity index (χ1v) is 8.63. The molecule has 2 aromatic carbocycles. The number of carbonyl (C=O) groups is 2. The second-order valence-electron chi connectivity index (χ2n) is 6.17. The number of hydrogen-bond acceptors (Lipinski definition) is 3. The Hall–Kier alpha value is -2.66. The largest absolute Gasteiger partial charge is 0.326 e. The Morgan fingerprint density at radius 1 is 1.08 bits per heavy atom. The number of fused-ring (bicyclic) bond motifs is 1. The van der Waals surface area contributed by atoms with Crippen LogP contribution in [0.5, 0.6) is 0 Å². The summed E-state index contributed by atoms with van der Waals surface area (Å²) < 4.78 is 0. The van der Waals surface area contributed by atoms with Gasteiger partial charge in [0.05, 0.1) is 0 Å². The summed E-state index contributed by atoms with van der Waals surface area (Å²) >= 11 is 0. The van der Waals surface area contributed by atoms with E-state index in [1.54, 1.807) is 24.3 Å². The fourth-order valence-corrected chi connectivity index (χ4v) is 3.05. The topological polar surface area (TPSA) is 61.4 Å². The van der Waals surface area contributed by atoms with Crippen LogP contribution in [0.15, 0.2) is 48.5 Å². The number of carbonyl (C=O) groups excluding carboxylic acids is 2. The molecule has 2 amide bonds. The van der Waals surface area contributed by atoms with Crippen molar-refractivity contribution in [2.24, 2.45) is 0 Å². The van der Waals surface area contributed by atoms with Gasteiger partial charge in [-0.15, -0.1) is 0 Å². The van der Waals surface area contributed by atoms with Crippen LogP contribution in [0.3, 0.4) is 0 Å². The molecule has 1 aliphatic heterocycles. The highest BCUT2D eigenvalue weighted by molar-refractivity contribution is 6.07. The number of amides is 2. The van der Waals surface area contributed by atoms with E-state index in [-0.39, 0.29) is 11.8 Å². The monoisotopic (exact) mass is 337 g/mol. The first kappa shape index (κ1) is 17.2. The number of rotatable bonds is 6. The Labute approximate surface area is 148 Å². The first-order valence-electron chi connectivity index (χ1n) is 8.63. The molecular formula is C20H23N3O2. The smallest absolute Gasteiger partial charge is 0.258 e. The van der Waals surface area contributed by atoms with E-state index in [2.05, 4.69) is 16.7 Å². The first-order chi connectivity index (χ1) is 12.2. The van der Waals surface area contributed by atoms with Gasteiger partial charge in [0.2, 0.25) is 5.91 Å². The molecule has 0 saturated heterocycles. The number of para-hydroxylation sites is 1. The molecule has 5 nitrogen and oxygen atoms in total. The molecule has 0 aromatic heterocycles. The predicted octanol–water partition coefficient (Wildman–Crippen LogP) is 2.83. The number of nitrogens with zero attached hydrogens (tertiary/aromatic N) is 1. The van der Waals surface area contributed by atoms with E-state index in [1.165, 1.54) is 5.56 Å². The number of anilines is 2. The van der Waals surface area contributed by atoms with Gasteiger partial charge >= 0.3 is 0 Å². The van der Waals surface area contributed by atoms with E-state index in [9.17, 15) is 9.59 Å². The number of nitrogens with one attached hydrogen (secondary N) is 2. The van der Waals surface area contributed by atoms with E-state index in [0.29, 0.717) is 24.2 Å². The minimum absolute atomic E-state index is 0.00292. The molecule has 1 heterocycles. The fraction of sp³-hybridized carbons (Fsp3) is 0.300. The molecular weight excluding hydrogens is 314 g/mol. The number of hydrogen-bond donors (Lipinski definition) is 2. The summed E-state index contributed by atoms with van der Waals surface area (Å²) in [6.07, 6.45) is 2.17. The van der Waals surface area contributed by atoms with Gasteiger partial charge < -0.3 is 15.5 Å². The maximum atomic E-state index is 12.7. The summed E-state index contributed by atoms with van der Waals surface area (Å²) in [5.41, 5.74) is 3.55. The van der Waals surface area contributed by atoms with Crippen LogP contribution in [0.25, 0.3) is 0 Å². The van der Waals surface area contributed by atoms with E-state index in [0.717, 1.165) is 25.1 Å². The zero-order valence-corrected chi connectivity index (χ0v) is 14.4. The van der Waals surface area contributed by atoms with Crippen molar-refractivity contribution in [2.75, 3.05) is 30.4 Å². The molecule has 2 N–H and O–H groups in total. The molecule has 25 heavy (non-hydrogen) atoms. The molecule has 1 aliphatic rings. The average molecular weight is 337 g/mol. The normalized spacial score (nSPS) is 12.8. The molecule has 3 rings (SSSR count). The third-order valence-electron chi connectivity index (χ3n) is 4.38. The average Bonchev–Trinajstić information content (AvgIpc) is 3.06. The van der Waals surface area contributed by atoms with Crippen molar-refractivity contribution in [3.05, 3.63) is 59.7 Å². The van der Waals surface area contributed by atoms with Gasteiger partial charge in [-0.25, -0.2) is 0 Å². The highest BCUT2D eigenvalue weighted by Gasteiger charge is 2.24. The molecule has 0 saturated carbocycles. The van der Waals surface area contributed by atoms with Gasteiger partial charge in [0.25, 0.3) is 5.91 Å². The van der Waals surface area contributed by atoms with Crippen LogP contribution >= 0.6 is 0 Å². The molecule has 2 aromatic rings. The van der Waals surface area contributed by atoms with E-state index >= 15 is 0 Å². The lowest BCUT2D eigenvalue weighted by Crippen LogP contribution is -2.28. The van der Waals surface area contributed by atoms with Gasteiger partial charge in [-0.2, -0.15) is 0 Å². The van der Waals surface area contributed by atoms with Gasteiger partial charge in [0, 0.05) is 29.9 Å². The minimum Gasteiger partial charge on any atom is -0.326 e. The Bertz CT molecular complexity index is 756. The zero-order chi connectivity index (χ0) is 17.6. The lowest BCUT2D eigenvalue weighted by Gasteiger charge is -2.17. The van der Waals surface area contributed by atoms with Crippen LogP contribution < -0.4 is 15.5 Å². The third kappa shape index (κ3) is 4.06. The van der Waals surface area contributed by atoms with E-state index in [1.807, 2.05) is 30.1 Å². The van der Waals surface area contributed by atoms with E-state index in [4.69, 9.17) is 0 Å². The van der Waals surface area contributed by atoms with Crippen LogP contribution in [-0.4, -0.2) is 32.0 Å². The molecule has 0 aliphatic carbocycles. The van der Waals surface area contributed by atoms with Crippen LogP contribution in [0.4, 0.5) is 11.4 Å². The van der Waals surface area contributed by atoms with Crippen molar-refractivity contribution in [2.45, 2.75) is 19.3 Å². The van der Waals surface area contributed by atoms with Crippen molar-refractivity contribution >= 4 is 23.2 Å². The molecule has 0 atom stereocenters. The van der Waals surface area contributed by atoms with Gasteiger partial charge in [-0.3, -0.25) is 9.59 Å². The van der Waals surface area contributed by atoms with Crippen LogP contribution in [-0.2, 0) is 11.2 Å². The molecule has 5 heteroatoms. The summed E-state index contributed by atoms with van der Waals surface area (Å²) in [4.78, 5) is 26.4. The fourth-order valence-electron chi connectivity index (χ4n) is 3.05. The maximum absolute atomic E-state index is 12.7. The highest BCUT2D eigenvalue weighted by Crippen LogP contribution is 2.29. The predicted molar refractivity (Wildman–Crippen MR) is 100 cm³/mol. The molecule has 0 radical (unpaired) electrons. The van der Waals surface area contributed by atoms with Crippen molar-refractivity contribution in [1.29, 1.82) is 0 Å². The molecule has 0 fully saturated rings. The summed E-state index contributed by atoms with van der Waals surface area (Å²) in [7, 11) is 1.87. The highest BCUT2D eigenvalue weighted by atomic mass is 16.2. The summed E-state index contributed by atoms with van der Waals surface area (Å²) in [5.74, 6) is -0.0142. The summed E-state index contributed by atoms with van der Waals surface area (Å²) in [6, 6.07) is 15.1. The Morgan fingerprint density at radius 3 is 2.60 bits per heavy atom. The summed E-state index contributed by atoms with van der Waals surface area (Å²) in [6.45, 7) is 1.53. The second-order valence-corrected chi connectivity index (χ2v) is 6.17. The quantitative estimate of drug-likeness (QED) is 0.797. The molecule has 0 spiro atoms. The van der Waals surface area contributed by atoms with Crippen LogP contribution in [0, 0.1) is 0 Å². The van der Waals surface area contributed by atoms with Crippen molar-refractivity contribution in [1.82, 2.24) is 5.32 Å².